The standard InChI is InChI=1S/C26H24N4.H2/c1-19(20-8-4-3-5-9-20)28-25-27-16-12-24(29-25)30-17-13-21-18-22(10-11-23(21)30)26(2)14-6-7-15-26;/h3-19H,1-2H3,(H,27,28,29);1H/t19-;/m0./s1. The van der Waals surface area contributed by atoms with Crippen LogP contribution in [0.2, 0.25) is 0 Å². The molecule has 0 saturated heterocycles. The van der Waals surface area contributed by atoms with Gasteiger partial charge in [-0.15, -0.1) is 0 Å². The van der Waals surface area contributed by atoms with Gasteiger partial charge in [0.05, 0.1) is 11.6 Å². The Hall–Kier alpha value is -3.66. The summed E-state index contributed by atoms with van der Waals surface area (Å²) in [6, 6.07) is 21.2. The van der Waals surface area contributed by atoms with E-state index in [1.54, 1.807) is 6.20 Å². The van der Waals surface area contributed by atoms with E-state index in [4.69, 9.17) is 4.98 Å². The molecule has 0 fully saturated rings. The fourth-order valence-corrected chi connectivity index (χ4v) is 4.01. The number of fused-ring (bicyclic) bond motifs is 1. The van der Waals surface area contributed by atoms with Crippen LogP contribution in [-0.4, -0.2) is 14.5 Å². The van der Waals surface area contributed by atoms with Crippen molar-refractivity contribution in [3.63, 3.8) is 0 Å². The molecular formula is C26H26N4. The lowest BCUT2D eigenvalue weighted by atomic mass is 9.84. The lowest BCUT2D eigenvalue weighted by Gasteiger charge is -2.20. The van der Waals surface area contributed by atoms with Crippen LogP contribution in [0, 0.1) is 0 Å². The van der Waals surface area contributed by atoms with Crippen molar-refractivity contribution in [3.8, 4) is 5.82 Å². The Morgan fingerprint density at radius 1 is 1.00 bits per heavy atom. The summed E-state index contributed by atoms with van der Waals surface area (Å²) >= 11 is 0. The predicted octanol–water partition coefficient (Wildman–Crippen LogP) is 6.22. The Balaban J connectivity index is 0.00000231. The molecule has 150 valence electrons. The van der Waals surface area contributed by atoms with E-state index in [9.17, 15) is 0 Å². The topological polar surface area (TPSA) is 42.7 Å². The van der Waals surface area contributed by atoms with Crippen molar-refractivity contribution in [1.29, 1.82) is 0 Å². The summed E-state index contributed by atoms with van der Waals surface area (Å²) in [5.41, 5.74) is 3.60. The van der Waals surface area contributed by atoms with Crippen molar-refractivity contribution >= 4 is 16.9 Å². The third-order valence-electron chi connectivity index (χ3n) is 5.84. The maximum absolute atomic E-state index is 4.76. The summed E-state index contributed by atoms with van der Waals surface area (Å²) in [6.07, 6.45) is 12.6. The molecule has 4 heteroatoms. The molecule has 4 nitrogen and oxygen atoms in total. The summed E-state index contributed by atoms with van der Waals surface area (Å²) in [7, 11) is 0. The summed E-state index contributed by atoms with van der Waals surface area (Å²) in [5.74, 6) is 1.47. The van der Waals surface area contributed by atoms with Gasteiger partial charge >= 0.3 is 0 Å². The molecule has 1 N–H and O–H groups in total. The van der Waals surface area contributed by atoms with Crippen LogP contribution in [0.25, 0.3) is 16.7 Å². The van der Waals surface area contributed by atoms with Gasteiger partial charge < -0.3 is 9.88 Å². The number of hydrogen-bond acceptors (Lipinski definition) is 3. The van der Waals surface area contributed by atoms with Gasteiger partial charge in [-0.1, -0.05) is 60.7 Å². The Bertz CT molecular complexity index is 1240. The van der Waals surface area contributed by atoms with E-state index in [1.807, 2.05) is 24.3 Å². The van der Waals surface area contributed by atoms with Gasteiger partial charge in [-0.25, -0.2) is 4.98 Å². The van der Waals surface area contributed by atoms with Crippen molar-refractivity contribution in [2.75, 3.05) is 5.32 Å². The summed E-state index contributed by atoms with van der Waals surface area (Å²) in [5, 5.41) is 4.61. The highest BCUT2D eigenvalue weighted by Crippen LogP contribution is 2.33. The van der Waals surface area contributed by atoms with Gasteiger partial charge in [-0.2, -0.15) is 4.98 Å². The summed E-state index contributed by atoms with van der Waals surface area (Å²) < 4.78 is 2.11. The first-order chi connectivity index (χ1) is 14.6. The molecule has 2 aromatic heterocycles. The Labute approximate surface area is 178 Å². The van der Waals surface area contributed by atoms with Crippen LogP contribution in [-0.2, 0) is 5.41 Å². The van der Waals surface area contributed by atoms with Crippen molar-refractivity contribution in [2.24, 2.45) is 0 Å². The Morgan fingerprint density at radius 2 is 1.80 bits per heavy atom. The molecule has 2 aromatic carbocycles. The number of nitrogens with zero attached hydrogens (tertiary/aromatic N) is 3. The van der Waals surface area contributed by atoms with E-state index >= 15 is 0 Å². The zero-order valence-corrected chi connectivity index (χ0v) is 17.2. The minimum Gasteiger partial charge on any atom is -0.348 e. The van der Waals surface area contributed by atoms with Gasteiger partial charge in [0.25, 0.3) is 0 Å². The molecule has 0 unspecified atom stereocenters. The van der Waals surface area contributed by atoms with Gasteiger partial charge in [0, 0.05) is 24.6 Å². The number of benzene rings is 2. The number of allylic oxidation sites excluding steroid dienone is 4. The molecular weight excluding hydrogens is 368 g/mol. The smallest absolute Gasteiger partial charge is 0.225 e. The second-order valence-electron chi connectivity index (χ2n) is 7.98. The van der Waals surface area contributed by atoms with E-state index < -0.39 is 0 Å². The first kappa shape index (κ1) is 18.4. The van der Waals surface area contributed by atoms with Crippen molar-refractivity contribution in [1.82, 2.24) is 14.5 Å². The van der Waals surface area contributed by atoms with Gasteiger partial charge in [0.2, 0.25) is 5.95 Å². The number of hydrogen-bond donors (Lipinski definition) is 1. The fourth-order valence-electron chi connectivity index (χ4n) is 4.01. The third kappa shape index (κ3) is 3.30. The van der Waals surface area contributed by atoms with Gasteiger partial charge in [0.15, 0.2) is 0 Å². The minimum absolute atomic E-state index is 0. The molecule has 0 amide bonds. The predicted molar refractivity (Wildman–Crippen MR) is 125 cm³/mol. The van der Waals surface area contributed by atoms with E-state index in [2.05, 4.69) is 95.6 Å². The summed E-state index contributed by atoms with van der Waals surface area (Å²) in [6.45, 7) is 4.35. The van der Waals surface area contributed by atoms with Crippen molar-refractivity contribution in [2.45, 2.75) is 25.3 Å². The molecule has 1 aliphatic rings. The average Bonchev–Trinajstić information content (AvgIpc) is 3.41. The van der Waals surface area contributed by atoms with Crippen LogP contribution >= 0.6 is 0 Å². The largest absolute Gasteiger partial charge is 0.348 e. The minimum atomic E-state index is -0.0319. The fraction of sp³-hybridized carbons (Fsp3) is 0.154. The molecule has 0 bridgehead atoms. The molecule has 2 heterocycles. The van der Waals surface area contributed by atoms with Crippen molar-refractivity contribution in [3.05, 3.63) is 108 Å². The molecule has 0 radical (unpaired) electrons. The van der Waals surface area contributed by atoms with Crippen LogP contribution in [0.1, 0.15) is 32.4 Å². The molecule has 1 atom stereocenters. The first-order valence-electron chi connectivity index (χ1n) is 10.3. The Kier molecular flexibility index (Phi) is 4.47. The van der Waals surface area contributed by atoms with Crippen LogP contribution < -0.4 is 5.32 Å². The van der Waals surface area contributed by atoms with E-state index in [0.29, 0.717) is 5.95 Å². The molecule has 0 aliphatic heterocycles. The van der Waals surface area contributed by atoms with Crippen LogP contribution in [0.4, 0.5) is 5.95 Å². The number of aromatic nitrogens is 3. The maximum atomic E-state index is 4.76. The van der Waals surface area contributed by atoms with Crippen LogP contribution in [0.5, 0.6) is 0 Å². The molecule has 5 rings (SSSR count). The second kappa shape index (κ2) is 7.30. The second-order valence-corrected chi connectivity index (χ2v) is 7.98. The third-order valence-corrected chi connectivity index (χ3v) is 5.84. The summed E-state index contributed by atoms with van der Waals surface area (Å²) in [4.78, 5) is 9.18. The monoisotopic (exact) mass is 394 g/mol. The quantitative estimate of drug-likeness (QED) is 0.437. The zero-order valence-electron chi connectivity index (χ0n) is 17.2. The lowest BCUT2D eigenvalue weighted by molar-refractivity contribution is 0.771. The maximum Gasteiger partial charge on any atom is 0.225 e. The van der Waals surface area contributed by atoms with E-state index in [0.717, 1.165) is 11.3 Å². The first-order valence-corrected chi connectivity index (χ1v) is 10.3. The number of nitrogens with one attached hydrogen (secondary N) is 1. The zero-order chi connectivity index (χ0) is 20.6. The van der Waals surface area contributed by atoms with E-state index in [-0.39, 0.29) is 12.9 Å². The molecule has 1 aliphatic carbocycles. The molecule has 4 aromatic rings. The van der Waals surface area contributed by atoms with E-state index in [1.165, 1.54) is 16.5 Å². The molecule has 0 saturated carbocycles. The number of rotatable bonds is 5. The van der Waals surface area contributed by atoms with Crippen molar-refractivity contribution < 1.29 is 1.43 Å². The highest BCUT2D eigenvalue weighted by molar-refractivity contribution is 5.83. The molecule has 30 heavy (non-hydrogen) atoms. The Morgan fingerprint density at radius 3 is 2.60 bits per heavy atom. The van der Waals surface area contributed by atoms with Gasteiger partial charge in [0.1, 0.15) is 5.82 Å². The SMILES string of the molecule is C[C@H](Nc1nccc(-n2ccc3cc(C4(C)C=CC=C4)ccc32)n1)c1ccccc1.[HH]. The lowest BCUT2D eigenvalue weighted by Crippen LogP contribution is -2.13. The molecule has 0 spiro atoms. The normalized spacial score (nSPS) is 15.5. The van der Waals surface area contributed by atoms with Crippen LogP contribution in [0.3, 0.4) is 0 Å². The van der Waals surface area contributed by atoms with Gasteiger partial charge in [-0.3, -0.25) is 0 Å². The average molecular weight is 395 g/mol. The van der Waals surface area contributed by atoms with Gasteiger partial charge in [-0.05, 0) is 49.2 Å². The highest BCUT2D eigenvalue weighted by Gasteiger charge is 2.22. The highest BCUT2D eigenvalue weighted by atomic mass is 15.2. The van der Waals surface area contributed by atoms with Crippen LogP contribution in [0.15, 0.2) is 97.4 Å². The number of anilines is 1.